The van der Waals surface area contributed by atoms with Crippen LogP contribution in [0.15, 0.2) is 30.3 Å². The number of fused-ring (bicyclic) bond motifs is 2. The van der Waals surface area contributed by atoms with E-state index in [-0.39, 0.29) is 23.6 Å². The number of carbonyl (C=O) groups excluding carboxylic acids is 1. The lowest BCUT2D eigenvalue weighted by Gasteiger charge is -2.24. The van der Waals surface area contributed by atoms with Gasteiger partial charge in [0.25, 0.3) is 5.91 Å². The molecule has 1 aromatic carbocycles. The second-order valence-electron chi connectivity index (χ2n) is 6.92. The van der Waals surface area contributed by atoms with Crippen molar-refractivity contribution in [2.75, 3.05) is 32.9 Å². The smallest absolute Gasteiger partial charge is 0.264 e. The molecule has 4 rings (SSSR count). The van der Waals surface area contributed by atoms with Gasteiger partial charge in [-0.3, -0.25) is 4.79 Å². The zero-order valence-corrected chi connectivity index (χ0v) is 15.3. The first kappa shape index (κ1) is 16.1. The molecule has 128 valence electrons. The van der Waals surface area contributed by atoms with Crippen molar-refractivity contribution in [3.05, 3.63) is 35.2 Å². The van der Waals surface area contributed by atoms with Crippen LogP contribution in [-0.4, -0.2) is 68.4 Å². The van der Waals surface area contributed by atoms with Gasteiger partial charge in [-0.1, -0.05) is 18.2 Å². The number of rotatable bonds is 2. The fourth-order valence-corrected chi connectivity index (χ4v) is 7.48. The number of hydrogen-bond donors (Lipinski definition) is 0. The van der Waals surface area contributed by atoms with Crippen molar-refractivity contribution in [3.63, 3.8) is 0 Å². The minimum atomic E-state index is -3.12. The van der Waals surface area contributed by atoms with Gasteiger partial charge in [-0.2, -0.15) is 0 Å². The molecule has 3 heterocycles. The lowest BCUT2D eigenvalue weighted by Crippen LogP contribution is -2.38. The van der Waals surface area contributed by atoms with E-state index < -0.39 is 15.1 Å². The summed E-state index contributed by atoms with van der Waals surface area (Å²) >= 11 is 1.48. The van der Waals surface area contributed by atoms with Gasteiger partial charge in [0.1, 0.15) is 0 Å². The lowest BCUT2D eigenvalue weighted by molar-refractivity contribution is 0.0784. The Balaban J connectivity index is 1.61. The van der Waals surface area contributed by atoms with Gasteiger partial charge in [0, 0.05) is 29.7 Å². The van der Waals surface area contributed by atoms with Gasteiger partial charge in [0.15, 0.2) is 9.84 Å². The second kappa shape index (κ2) is 5.54. The predicted octanol–water partition coefficient (Wildman–Crippen LogP) is 1.70. The van der Waals surface area contributed by atoms with Crippen LogP contribution in [0.1, 0.15) is 9.67 Å². The van der Waals surface area contributed by atoms with E-state index in [1.807, 2.05) is 49.3 Å². The molecule has 0 bridgehead atoms. The van der Waals surface area contributed by atoms with E-state index in [4.69, 9.17) is 0 Å². The molecule has 24 heavy (non-hydrogen) atoms. The van der Waals surface area contributed by atoms with Crippen LogP contribution in [0.2, 0.25) is 0 Å². The zero-order valence-electron chi connectivity index (χ0n) is 13.7. The van der Waals surface area contributed by atoms with E-state index in [2.05, 4.69) is 0 Å². The summed E-state index contributed by atoms with van der Waals surface area (Å²) in [6, 6.07) is 9.82. The van der Waals surface area contributed by atoms with E-state index in [1.54, 1.807) is 4.90 Å². The molecule has 3 atom stereocenters. The number of thiophene rings is 1. The Morgan fingerprint density at radius 3 is 2.71 bits per heavy atom. The van der Waals surface area contributed by atoms with Crippen molar-refractivity contribution >= 4 is 37.2 Å². The summed E-state index contributed by atoms with van der Waals surface area (Å²) in [7, 11) is 0.708. The number of nitrogens with zero attached hydrogens (tertiary/aromatic N) is 2. The van der Waals surface area contributed by atoms with Crippen LogP contribution in [0.25, 0.3) is 10.1 Å². The highest BCUT2D eigenvalue weighted by atomic mass is 32.2. The molecular weight excluding hydrogens is 344 g/mol. The number of amides is 1. The van der Waals surface area contributed by atoms with Crippen LogP contribution in [-0.2, 0) is 9.84 Å². The number of hydrogen-bond acceptors (Lipinski definition) is 5. The molecule has 0 radical (unpaired) electrons. The molecular formula is C17H20N2O3S2. The molecule has 0 spiro atoms. The van der Waals surface area contributed by atoms with Crippen molar-refractivity contribution in [2.45, 2.75) is 11.3 Å². The zero-order chi connectivity index (χ0) is 17.1. The topological polar surface area (TPSA) is 57.7 Å². The van der Waals surface area contributed by atoms with Gasteiger partial charge in [-0.05, 0) is 31.6 Å². The Hall–Kier alpha value is -1.44. The van der Waals surface area contributed by atoms with Crippen LogP contribution in [0, 0.1) is 5.92 Å². The third kappa shape index (κ3) is 2.46. The highest BCUT2D eigenvalue weighted by Gasteiger charge is 2.53. The lowest BCUT2D eigenvalue weighted by atomic mass is 10.00. The molecule has 2 aliphatic heterocycles. The van der Waals surface area contributed by atoms with Crippen molar-refractivity contribution < 1.29 is 13.2 Å². The molecule has 2 fully saturated rings. The maximum atomic E-state index is 12.9. The quantitative estimate of drug-likeness (QED) is 0.814. The Kier molecular flexibility index (Phi) is 3.71. The summed E-state index contributed by atoms with van der Waals surface area (Å²) < 4.78 is 26.0. The minimum absolute atomic E-state index is 0.000193. The second-order valence-corrected chi connectivity index (χ2v) is 10.3. The molecule has 5 nitrogen and oxygen atoms in total. The van der Waals surface area contributed by atoms with Gasteiger partial charge in [0.05, 0.1) is 15.9 Å². The average molecular weight is 364 g/mol. The Bertz CT molecular complexity index is 870. The van der Waals surface area contributed by atoms with Gasteiger partial charge in [0.2, 0.25) is 0 Å². The van der Waals surface area contributed by atoms with Crippen LogP contribution in [0.5, 0.6) is 0 Å². The molecule has 0 saturated carbocycles. The third-order valence-corrected chi connectivity index (χ3v) is 8.59. The van der Waals surface area contributed by atoms with Gasteiger partial charge >= 0.3 is 0 Å². The summed E-state index contributed by atoms with van der Waals surface area (Å²) in [5.41, 5.74) is 0. The van der Waals surface area contributed by atoms with Crippen LogP contribution < -0.4 is 0 Å². The molecule has 1 amide bonds. The fraction of sp³-hybridized carbons (Fsp3) is 0.471. The number of likely N-dealkylation sites (tertiary alicyclic amines) is 1. The first-order valence-electron chi connectivity index (χ1n) is 8.02. The molecule has 7 heteroatoms. The maximum Gasteiger partial charge on any atom is 0.264 e. The van der Waals surface area contributed by atoms with E-state index in [0.29, 0.717) is 18.0 Å². The van der Waals surface area contributed by atoms with E-state index in [0.717, 1.165) is 10.1 Å². The fourth-order valence-electron chi connectivity index (χ4n) is 3.97. The summed E-state index contributed by atoms with van der Waals surface area (Å²) in [6.45, 7) is 0.851. The van der Waals surface area contributed by atoms with E-state index >= 15 is 0 Å². The number of sulfone groups is 1. The monoisotopic (exact) mass is 364 g/mol. The first-order chi connectivity index (χ1) is 11.4. The molecule has 2 aliphatic rings. The Morgan fingerprint density at radius 2 is 2.00 bits per heavy atom. The molecule has 2 aromatic rings. The van der Waals surface area contributed by atoms with Crippen LogP contribution in [0.3, 0.4) is 0 Å². The van der Waals surface area contributed by atoms with Gasteiger partial charge in [-0.25, -0.2) is 8.42 Å². The minimum Gasteiger partial charge on any atom is -0.336 e. The third-order valence-electron chi connectivity index (χ3n) is 5.25. The predicted molar refractivity (Wildman–Crippen MR) is 96.3 cm³/mol. The molecule has 0 unspecified atom stereocenters. The van der Waals surface area contributed by atoms with Gasteiger partial charge in [-0.15, -0.1) is 11.3 Å². The normalized spacial score (nSPS) is 28.6. The molecule has 0 aliphatic carbocycles. The summed E-state index contributed by atoms with van der Waals surface area (Å²) in [5.74, 6) is 0.182. The summed E-state index contributed by atoms with van der Waals surface area (Å²) in [6.07, 6.45) is 0. The Morgan fingerprint density at radius 1 is 1.25 bits per heavy atom. The van der Waals surface area contributed by atoms with Crippen LogP contribution >= 0.6 is 11.3 Å². The molecule has 0 N–H and O–H groups in total. The highest BCUT2D eigenvalue weighted by Crippen LogP contribution is 2.37. The SMILES string of the molecule is CN(C)[C@@H]1CS(=O)(=O)[C@H]2CN(C(=O)c3cc4ccccc4s3)C[C@@H]12. The largest absolute Gasteiger partial charge is 0.336 e. The number of benzene rings is 1. The average Bonchev–Trinajstić information content (AvgIpc) is 3.20. The summed E-state index contributed by atoms with van der Waals surface area (Å²) in [5, 5.41) is 0.646. The highest BCUT2D eigenvalue weighted by molar-refractivity contribution is 7.92. The summed E-state index contributed by atoms with van der Waals surface area (Å²) in [4.78, 5) is 17.3. The van der Waals surface area contributed by atoms with E-state index in [1.165, 1.54) is 11.3 Å². The van der Waals surface area contributed by atoms with Crippen molar-refractivity contribution in [1.29, 1.82) is 0 Å². The first-order valence-corrected chi connectivity index (χ1v) is 10.6. The van der Waals surface area contributed by atoms with Crippen molar-refractivity contribution in [1.82, 2.24) is 9.80 Å². The Labute approximate surface area is 145 Å². The number of carbonyl (C=O) groups is 1. The van der Waals surface area contributed by atoms with Crippen molar-refractivity contribution in [2.24, 2.45) is 5.92 Å². The van der Waals surface area contributed by atoms with Crippen molar-refractivity contribution in [3.8, 4) is 0 Å². The molecule has 2 saturated heterocycles. The maximum absolute atomic E-state index is 12.9. The molecule has 1 aromatic heterocycles. The standard InChI is InChI=1S/C17H20N2O3S2/c1-18(2)13-10-24(21,22)16-9-19(8-12(13)16)17(20)15-7-11-5-3-4-6-14(11)23-15/h3-7,12-13,16H,8-10H2,1-2H3/t12-,13+,16-/m0/s1. The van der Waals surface area contributed by atoms with Crippen LogP contribution in [0.4, 0.5) is 0 Å². The van der Waals surface area contributed by atoms with Gasteiger partial charge < -0.3 is 9.80 Å². The van der Waals surface area contributed by atoms with E-state index in [9.17, 15) is 13.2 Å².